The summed E-state index contributed by atoms with van der Waals surface area (Å²) in [5.74, 6) is 0.272. The Bertz CT molecular complexity index is 788. The van der Waals surface area contributed by atoms with Crippen LogP contribution in [-0.2, 0) is 11.3 Å². The Kier molecular flexibility index (Phi) is 7.30. The van der Waals surface area contributed by atoms with Gasteiger partial charge in [0.25, 0.3) is 5.91 Å². The predicted molar refractivity (Wildman–Crippen MR) is 106 cm³/mol. The van der Waals surface area contributed by atoms with Crippen molar-refractivity contribution >= 4 is 23.5 Å². The van der Waals surface area contributed by atoms with Gasteiger partial charge in [-0.25, -0.2) is 0 Å². The maximum Gasteiger partial charge on any atom is 0.253 e. The normalized spacial score (nSPS) is 10.9. The number of anilines is 1. The summed E-state index contributed by atoms with van der Waals surface area (Å²) in [6, 6.07) is 10.9. The van der Waals surface area contributed by atoms with E-state index in [0.29, 0.717) is 23.8 Å². The Morgan fingerprint density at radius 1 is 1.11 bits per heavy atom. The van der Waals surface area contributed by atoms with Gasteiger partial charge in [-0.2, -0.15) is 0 Å². The molecule has 0 saturated carbocycles. The van der Waals surface area contributed by atoms with Crippen molar-refractivity contribution in [3.63, 3.8) is 0 Å². The van der Waals surface area contributed by atoms with Gasteiger partial charge in [-0.05, 0) is 29.8 Å². The molecule has 1 heterocycles. The number of hydrogen-bond acceptors (Lipinski definition) is 4. The van der Waals surface area contributed by atoms with Crippen LogP contribution in [0.2, 0.25) is 0 Å². The van der Waals surface area contributed by atoms with Gasteiger partial charge in [-0.1, -0.05) is 12.1 Å². The lowest BCUT2D eigenvalue weighted by atomic mass is 10.1. The molecule has 0 aliphatic heterocycles. The zero-order chi connectivity index (χ0) is 19.6. The van der Waals surface area contributed by atoms with Gasteiger partial charge in [0, 0.05) is 39.4 Å². The number of benzene rings is 1. The average Bonchev–Trinajstić information content (AvgIpc) is 2.68. The maximum atomic E-state index is 11.9. The van der Waals surface area contributed by atoms with Crippen molar-refractivity contribution in [3.8, 4) is 0 Å². The van der Waals surface area contributed by atoms with Crippen LogP contribution >= 0.6 is 0 Å². The standard InChI is InChI=1S/C19H24N6O2/c1-20-19(23-13-17(26)24-16-5-4-10-21-12-16)22-11-14-6-8-15(9-7-14)18(27)25(2)3/h4-10,12H,11,13H2,1-3H3,(H,24,26)(H2,20,22,23). The molecule has 2 aromatic rings. The first-order chi connectivity index (χ1) is 13.0. The average molecular weight is 368 g/mol. The van der Waals surface area contributed by atoms with Crippen LogP contribution < -0.4 is 16.0 Å². The van der Waals surface area contributed by atoms with Crippen LogP contribution in [0.4, 0.5) is 5.69 Å². The molecule has 0 bridgehead atoms. The van der Waals surface area contributed by atoms with Crippen molar-refractivity contribution in [1.82, 2.24) is 20.5 Å². The SMILES string of the molecule is CN=C(NCC(=O)Nc1cccnc1)NCc1ccc(C(=O)N(C)C)cc1. The predicted octanol–water partition coefficient (Wildman–Crippen LogP) is 1.09. The Hall–Kier alpha value is -3.42. The molecule has 0 spiro atoms. The van der Waals surface area contributed by atoms with Gasteiger partial charge in [-0.3, -0.25) is 19.6 Å². The van der Waals surface area contributed by atoms with Crippen molar-refractivity contribution in [1.29, 1.82) is 0 Å². The third kappa shape index (κ3) is 6.43. The minimum absolute atomic E-state index is 0.0355. The summed E-state index contributed by atoms with van der Waals surface area (Å²) < 4.78 is 0. The number of nitrogens with zero attached hydrogens (tertiary/aromatic N) is 3. The molecule has 27 heavy (non-hydrogen) atoms. The summed E-state index contributed by atoms with van der Waals surface area (Å²) in [7, 11) is 5.07. The van der Waals surface area contributed by atoms with Crippen LogP contribution in [-0.4, -0.2) is 55.3 Å². The zero-order valence-electron chi connectivity index (χ0n) is 15.7. The third-order valence-corrected chi connectivity index (χ3v) is 3.65. The van der Waals surface area contributed by atoms with Gasteiger partial charge in [-0.15, -0.1) is 0 Å². The van der Waals surface area contributed by atoms with Crippen molar-refractivity contribution in [2.75, 3.05) is 33.0 Å². The van der Waals surface area contributed by atoms with Gasteiger partial charge in [0.15, 0.2) is 5.96 Å². The highest BCUT2D eigenvalue weighted by Crippen LogP contribution is 2.06. The fraction of sp³-hybridized carbons (Fsp3) is 0.263. The molecule has 0 atom stereocenters. The van der Waals surface area contributed by atoms with Gasteiger partial charge < -0.3 is 20.9 Å². The topological polar surface area (TPSA) is 98.7 Å². The maximum absolute atomic E-state index is 11.9. The molecule has 0 unspecified atom stereocenters. The van der Waals surface area contributed by atoms with E-state index in [9.17, 15) is 9.59 Å². The number of aliphatic imine (C=N–C) groups is 1. The number of nitrogens with one attached hydrogen (secondary N) is 3. The second kappa shape index (κ2) is 9.91. The number of rotatable bonds is 6. The second-order valence-corrected chi connectivity index (χ2v) is 5.97. The first-order valence-electron chi connectivity index (χ1n) is 8.44. The number of guanidine groups is 1. The number of aromatic nitrogens is 1. The number of amides is 2. The molecule has 1 aromatic carbocycles. The lowest BCUT2D eigenvalue weighted by Crippen LogP contribution is -2.41. The molecule has 0 radical (unpaired) electrons. The van der Waals surface area contributed by atoms with E-state index in [1.807, 2.05) is 12.1 Å². The molecule has 1 aromatic heterocycles. The molecule has 8 nitrogen and oxygen atoms in total. The van der Waals surface area contributed by atoms with Gasteiger partial charge >= 0.3 is 0 Å². The molecule has 8 heteroatoms. The van der Waals surface area contributed by atoms with E-state index in [1.165, 1.54) is 4.90 Å². The van der Waals surface area contributed by atoms with E-state index in [-0.39, 0.29) is 18.4 Å². The van der Waals surface area contributed by atoms with Crippen LogP contribution in [0, 0.1) is 0 Å². The van der Waals surface area contributed by atoms with Crippen LogP contribution in [0.5, 0.6) is 0 Å². The Balaban J connectivity index is 1.80. The van der Waals surface area contributed by atoms with Crippen LogP contribution in [0.25, 0.3) is 0 Å². The highest BCUT2D eigenvalue weighted by molar-refractivity contribution is 5.95. The summed E-state index contributed by atoms with van der Waals surface area (Å²) in [5.41, 5.74) is 2.27. The van der Waals surface area contributed by atoms with E-state index >= 15 is 0 Å². The van der Waals surface area contributed by atoms with E-state index < -0.39 is 0 Å². The Morgan fingerprint density at radius 2 is 1.85 bits per heavy atom. The van der Waals surface area contributed by atoms with Crippen molar-refractivity contribution in [2.24, 2.45) is 4.99 Å². The van der Waals surface area contributed by atoms with Gasteiger partial charge in [0.05, 0.1) is 18.4 Å². The molecule has 0 aliphatic rings. The van der Waals surface area contributed by atoms with Crippen LogP contribution in [0.15, 0.2) is 53.8 Å². The minimum Gasteiger partial charge on any atom is -0.352 e. The van der Waals surface area contributed by atoms with Gasteiger partial charge in [0.1, 0.15) is 0 Å². The summed E-state index contributed by atoms with van der Waals surface area (Å²) >= 11 is 0. The summed E-state index contributed by atoms with van der Waals surface area (Å²) in [6.07, 6.45) is 3.22. The quantitative estimate of drug-likeness (QED) is 0.524. The third-order valence-electron chi connectivity index (χ3n) is 3.65. The molecule has 2 amide bonds. The molecule has 142 valence electrons. The molecule has 3 N–H and O–H groups in total. The van der Waals surface area contributed by atoms with E-state index in [0.717, 1.165) is 5.56 Å². The second-order valence-electron chi connectivity index (χ2n) is 5.97. The van der Waals surface area contributed by atoms with Crippen molar-refractivity contribution in [3.05, 3.63) is 59.9 Å². The molecule has 0 fully saturated rings. The number of hydrogen-bond donors (Lipinski definition) is 3. The molecular formula is C19H24N6O2. The Morgan fingerprint density at radius 3 is 2.44 bits per heavy atom. The summed E-state index contributed by atoms with van der Waals surface area (Å²) in [5, 5.41) is 8.82. The smallest absolute Gasteiger partial charge is 0.253 e. The largest absolute Gasteiger partial charge is 0.352 e. The van der Waals surface area contributed by atoms with E-state index in [2.05, 4.69) is 25.9 Å². The summed E-state index contributed by atoms with van der Waals surface area (Å²) in [6.45, 7) is 0.588. The molecular weight excluding hydrogens is 344 g/mol. The van der Waals surface area contributed by atoms with Crippen molar-refractivity contribution in [2.45, 2.75) is 6.54 Å². The highest BCUT2D eigenvalue weighted by atomic mass is 16.2. The fourth-order valence-electron chi connectivity index (χ4n) is 2.24. The van der Waals surface area contributed by atoms with E-state index in [4.69, 9.17) is 0 Å². The molecule has 0 aliphatic carbocycles. The number of carbonyl (C=O) groups excluding carboxylic acids is 2. The van der Waals surface area contributed by atoms with Crippen molar-refractivity contribution < 1.29 is 9.59 Å². The lowest BCUT2D eigenvalue weighted by Gasteiger charge is -2.13. The fourth-order valence-corrected chi connectivity index (χ4v) is 2.24. The summed E-state index contributed by atoms with van der Waals surface area (Å²) in [4.78, 5) is 33.4. The highest BCUT2D eigenvalue weighted by Gasteiger charge is 2.08. The van der Waals surface area contributed by atoms with E-state index in [1.54, 1.807) is 57.8 Å². The van der Waals surface area contributed by atoms with Crippen LogP contribution in [0.3, 0.4) is 0 Å². The number of carbonyl (C=O) groups is 2. The Labute approximate surface area is 158 Å². The lowest BCUT2D eigenvalue weighted by molar-refractivity contribution is -0.115. The first-order valence-corrected chi connectivity index (χ1v) is 8.44. The monoisotopic (exact) mass is 368 g/mol. The number of pyridine rings is 1. The first kappa shape index (κ1) is 19.9. The zero-order valence-corrected chi connectivity index (χ0v) is 15.7. The minimum atomic E-state index is -0.197. The molecule has 2 rings (SSSR count). The molecule has 0 saturated heterocycles. The van der Waals surface area contributed by atoms with Crippen LogP contribution in [0.1, 0.15) is 15.9 Å². The van der Waals surface area contributed by atoms with Gasteiger partial charge in [0.2, 0.25) is 5.91 Å².